The van der Waals surface area contributed by atoms with Crippen LogP contribution in [0.2, 0.25) is 0 Å². The van der Waals surface area contributed by atoms with E-state index in [0.717, 1.165) is 12.8 Å². The molecule has 0 unspecified atom stereocenters. The molecular formula is C16H26F3NO3. The van der Waals surface area contributed by atoms with Gasteiger partial charge in [-0.25, -0.2) is 13.2 Å². The molecule has 0 aromatic rings. The van der Waals surface area contributed by atoms with Crippen molar-refractivity contribution < 1.29 is 28.5 Å². The topological polar surface area (TPSA) is 72.7 Å². The molecule has 7 heteroatoms. The van der Waals surface area contributed by atoms with Crippen LogP contribution in [0.1, 0.15) is 38.5 Å². The lowest BCUT2D eigenvalue weighted by Gasteiger charge is -2.34. The van der Waals surface area contributed by atoms with Crippen molar-refractivity contribution in [2.45, 2.75) is 68.8 Å². The highest BCUT2D eigenvalue weighted by Crippen LogP contribution is 2.37. The van der Waals surface area contributed by atoms with Crippen molar-refractivity contribution in [1.29, 1.82) is 0 Å². The van der Waals surface area contributed by atoms with Gasteiger partial charge in [-0.05, 0) is 43.7 Å². The zero-order chi connectivity index (χ0) is 17.0. The van der Waals surface area contributed by atoms with Crippen molar-refractivity contribution in [1.82, 2.24) is 5.32 Å². The molecule has 0 heterocycles. The number of aliphatic hydroxyl groups excluding tert-OH is 3. The summed E-state index contributed by atoms with van der Waals surface area (Å²) in [5, 5.41) is 32.2. The van der Waals surface area contributed by atoms with E-state index in [2.05, 4.69) is 5.32 Å². The predicted molar refractivity (Wildman–Crippen MR) is 80.0 cm³/mol. The standard InChI is InChI=1S/C16H26F3NO3/c17-9-11-8-12(14(22)15(23)13(11)21)20-7-1-2-10-3-5-16(18,19)6-4-10/h8,10,12-15,20-23H,1-7,9H2/t12-,13+,14+,15+/m1/s1. The second-order valence-corrected chi connectivity index (χ2v) is 6.72. The fourth-order valence-electron chi connectivity index (χ4n) is 3.40. The fourth-order valence-corrected chi connectivity index (χ4v) is 3.40. The number of nitrogens with one attached hydrogen (secondary N) is 1. The molecular weight excluding hydrogens is 311 g/mol. The minimum absolute atomic E-state index is 0.0425. The van der Waals surface area contributed by atoms with Crippen LogP contribution in [0.25, 0.3) is 0 Å². The number of aliphatic hydroxyl groups is 3. The van der Waals surface area contributed by atoms with Gasteiger partial charge in [0.1, 0.15) is 25.0 Å². The van der Waals surface area contributed by atoms with E-state index in [1.807, 2.05) is 0 Å². The molecule has 0 bridgehead atoms. The van der Waals surface area contributed by atoms with E-state index in [1.54, 1.807) is 0 Å². The molecule has 0 aliphatic heterocycles. The minimum atomic E-state index is -2.51. The van der Waals surface area contributed by atoms with Crippen molar-refractivity contribution in [3.8, 4) is 0 Å². The van der Waals surface area contributed by atoms with Gasteiger partial charge in [0.15, 0.2) is 0 Å². The molecule has 0 radical (unpaired) electrons. The molecule has 134 valence electrons. The predicted octanol–water partition coefficient (Wildman–Crippen LogP) is 1.54. The van der Waals surface area contributed by atoms with Gasteiger partial charge >= 0.3 is 0 Å². The highest BCUT2D eigenvalue weighted by atomic mass is 19.3. The lowest BCUT2D eigenvalue weighted by atomic mass is 9.84. The number of alkyl halides is 3. The van der Waals surface area contributed by atoms with E-state index < -0.39 is 37.0 Å². The second kappa shape index (κ2) is 7.96. The quantitative estimate of drug-likeness (QED) is 0.438. The molecule has 2 aliphatic rings. The Kier molecular flexibility index (Phi) is 6.48. The van der Waals surface area contributed by atoms with Gasteiger partial charge in [-0.2, -0.15) is 0 Å². The molecule has 23 heavy (non-hydrogen) atoms. The Morgan fingerprint density at radius 3 is 2.39 bits per heavy atom. The average molecular weight is 337 g/mol. The zero-order valence-electron chi connectivity index (χ0n) is 13.1. The van der Waals surface area contributed by atoms with Crippen LogP contribution in [0.4, 0.5) is 13.2 Å². The molecule has 0 amide bonds. The maximum atomic E-state index is 13.1. The molecule has 0 spiro atoms. The number of halogens is 3. The largest absolute Gasteiger partial charge is 0.388 e. The molecule has 4 N–H and O–H groups in total. The van der Waals surface area contributed by atoms with Gasteiger partial charge in [-0.1, -0.05) is 6.08 Å². The first-order chi connectivity index (χ1) is 10.8. The molecule has 2 aliphatic carbocycles. The van der Waals surface area contributed by atoms with Gasteiger partial charge in [0, 0.05) is 12.8 Å². The lowest BCUT2D eigenvalue weighted by molar-refractivity contribution is -0.0630. The van der Waals surface area contributed by atoms with Crippen LogP contribution in [-0.2, 0) is 0 Å². The summed E-state index contributed by atoms with van der Waals surface area (Å²) >= 11 is 0. The second-order valence-electron chi connectivity index (χ2n) is 6.72. The maximum absolute atomic E-state index is 13.1. The minimum Gasteiger partial charge on any atom is -0.388 e. The monoisotopic (exact) mass is 337 g/mol. The molecule has 0 aromatic carbocycles. The van der Waals surface area contributed by atoms with Crippen molar-refractivity contribution >= 4 is 0 Å². The van der Waals surface area contributed by atoms with Crippen LogP contribution in [0.5, 0.6) is 0 Å². The van der Waals surface area contributed by atoms with E-state index in [-0.39, 0.29) is 18.4 Å². The molecule has 0 aromatic heterocycles. The van der Waals surface area contributed by atoms with Gasteiger partial charge in [-0.15, -0.1) is 0 Å². The Morgan fingerprint density at radius 2 is 1.78 bits per heavy atom. The highest BCUT2D eigenvalue weighted by molar-refractivity contribution is 5.21. The van der Waals surface area contributed by atoms with E-state index in [0.29, 0.717) is 25.3 Å². The summed E-state index contributed by atoms with van der Waals surface area (Å²) < 4.78 is 38.9. The van der Waals surface area contributed by atoms with Gasteiger partial charge in [0.25, 0.3) is 0 Å². The van der Waals surface area contributed by atoms with E-state index >= 15 is 0 Å². The number of hydrogen-bond donors (Lipinski definition) is 4. The Morgan fingerprint density at radius 1 is 1.13 bits per heavy atom. The Hall–Kier alpha value is -0.630. The molecule has 1 saturated carbocycles. The van der Waals surface area contributed by atoms with Crippen molar-refractivity contribution in [2.75, 3.05) is 13.2 Å². The summed E-state index contributed by atoms with van der Waals surface area (Å²) in [5.74, 6) is -2.21. The average Bonchev–Trinajstić information content (AvgIpc) is 2.52. The normalized spacial score (nSPS) is 35.1. The van der Waals surface area contributed by atoms with Gasteiger partial charge in [0.2, 0.25) is 5.92 Å². The summed E-state index contributed by atoms with van der Waals surface area (Å²) in [7, 11) is 0. The zero-order valence-corrected chi connectivity index (χ0v) is 13.1. The maximum Gasteiger partial charge on any atom is 0.248 e. The van der Waals surface area contributed by atoms with Crippen LogP contribution in [0.15, 0.2) is 11.6 Å². The highest BCUT2D eigenvalue weighted by Gasteiger charge is 2.37. The van der Waals surface area contributed by atoms with E-state index in [4.69, 9.17) is 0 Å². The summed E-state index contributed by atoms with van der Waals surface area (Å²) in [6, 6.07) is -0.616. The van der Waals surface area contributed by atoms with Gasteiger partial charge < -0.3 is 20.6 Å². The Bertz CT molecular complexity index is 409. The van der Waals surface area contributed by atoms with Crippen LogP contribution in [-0.4, -0.2) is 58.8 Å². The summed E-state index contributed by atoms with van der Waals surface area (Å²) in [5.41, 5.74) is 0.0646. The number of rotatable bonds is 6. The van der Waals surface area contributed by atoms with Crippen molar-refractivity contribution in [3.05, 3.63) is 11.6 Å². The smallest absolute Gasteiger partial charge is 0.248 e. The first-order valence-electron chi connectivity index (χ1n) is 8.26. The van der Waals surface area contributed by atoms with Crippen molar-refractivity contribution in [2.24, 2.45) is 5.92 Å². The first kappa shape index (κ1) is 18.7. The molecule has 2 rings (SSSR count). The molecule has 1 fully saturated rings. The summed E-state index contributed by atoms with van der Waals surface area (Å²) in [4.78, 5) is 0. The van der Waals surface area contributed by atoms with Gasteiger partial charge in [0.05, 0.1) is 6.04 Å². The van der Waals surface area contributed by atoms with Crippen LogP contribution >= 0.6 is 0 Å². The van der Waals surface area contributed by atoms with E-state index in [9.17, 15) is 28.5 Å². The van der Waals surface area contributed by atoms with Crippen molar-refractivity contribution in [3.63, 3.8) is 0 Å². The fraction of sp³-hybridized carbons (Fsp3) is 0.875. The summed E-state index contributed by atoms with van der Waals surface area (Å²) in [6.45, 7) is -0.340. The van der Waals surface area contributed by atoms with E-state index in [1.165, 1.54) is 6.08 Å². The van der Waals surface area contributed by atoms with Crippen LogP contribution in [0, 0.1) is 5.92 Å². The Labute approximate surface area is 134 Å². The molecule has 0 saturated heterocycles. The van der Waals surface area contributed by atoms with Crippen LogP contribution < -0.4 is 5.32 Å². The third-order valence-corrected chi connectivity index (χ3v) is 4.98. The summed E-state index contributed by atoms with van der Waals surface area (Å²) in [6.07, 6.45) is 0.00957. The van der Waals surface area contributed by atoms with Crippen LogP contribution in [0.3, 0.4) is 0 Å². The SMILES string of the molecule is O[C@@H]1[C@@H](O)[C@@H](O)C(CF)=C[C@H]1NCCCC1CCC(F)(F)CC1. The molecule has 4 nitrogen and oxygen atoms in total. The lowest BCUT2D eigenvalue weighted by Crippen LogP contribution is -2.54. The molecule has 4 atom stereocenters. The third kappa shape index (κ3) is 4.92. The number of hydrogen-bond acceptors (Lipinski definition) is 4. The third-order valence-electron chi connectivity index (χ3n) is 4.98. The van der Waals surface area contributed by atoms with Gasteiger partial charge in [-0.3, -0.25) is 0 Å². The Balaban J connectivity index is 1.72. The first-order valence-corrected chi connectivity index (χ1v) is 8.26.